The highest BCUT2D eigenvalue weighted by Crippen LogP contribution is 2.67. The van der Waals surface area contributed by atoms with E-state index in [9.17, 15) is 48.2 Å². The van der Waals surface area contributed by atoms with Crippen molar-refractivity contribution in [1.29, 1.82) is 0 Å². The Morgan fingerprint density at radius 3 is 1.91 bits per heavy atom. The Labute approximate surface area is 406 Å². The van der Waals surface area contributed by atoms with Crippen molar-refractivity contribution in [3.63, 3.8) is 0 Å². The third-order valence-electron chi connectivity index (χ3n) is 10.2. The number of aliphatic hydroxyl groups is 2. The molecule has 5 unspecified atom stereocenters. The Morgan fingerprint density at radius 1 is 0.757 bits per heavy atom. The number of amides is 3. The van der Waals surface area contributed by atoms with Gasteiger partial charge in [-0.05, 0) is 12.8 Å². The predicted octanol–water partition coefficient (Wildman–Crippen LogP) is -0.646. The van der Waals surface area contributed by atoms with Crippen LogP contribution in [0.25, 0.3) is 11.2 Å². The van der Waals surface area contributed by atoms with Crippen molar-refractivity contribution >= 4 is 64.2 Å². The number of ether oxygens (including phenoxy) is 8. The predicted molar refractivity (Wildman–Crippen MR) is 242 cm³/mol. The van der Waals surface area contributed by atoms with Crippen LogP contribution >= 0.6 is 35.2 Å². The molecule has 2 aromatic heterocycles. The monoisotopic (exact) mass is 1080 g/mol. The van der Waals surface area contributed by atoms with E-state index in [1.54, 1.807) is 0 Å². The number of phosphoric ester groups is 2. The van der Waals surface area contributed by atoms with Crippen molar-refractivity contribution in [2.75, 3.05) is 124 Å². The quantitative estimate of drug-likeness (QED) is 0.0229. The van der Waals surface area contributed by atoms with Crippen LogP contribution in [-0.2, 0) is 74.1 Å². The van der Waals surface area contributed by atoms with Gasteiger partial charge in [0.25, 0.3) is 0 Å². The molecule has 3 fully saturated rings. The van der Waals surface area contributed by atoms with Crippen LogP contribution in [0, 0.1) is 0 Å². The molecule has 3 aliphatic rings. The fourth-order valence-corrected chi connectivity index (χ4v) is 11.9. The normalized spacial score (nSPS) is 24.8. The fraction of sp³-hybridized carbons (Fsp3) is 0.806. The van der Waals surface area contributed by atoms with Gasteiger partial charge >= 0.3 is 29.5 Å². The summed E-state index contributed by atoms with van der Waals surface area (Å²) in [5.74, 6) is 0.964. The number of phosphoric acid groups is 3. The van der Waals surface area contributed by atoms with E-state index in [0.29, 0.717) is 77.7 Å². The van der Waals surface area contributed by atoms with E-state index < -0.39 is 61.2 Å². The second kappa shape index (κ2) is 30.0. The maximum atomic E-state index is 12.4. The number of imidazole rings is 1. The molecule has 5 rings (SSSR count). The number of hydrogen-bond acceptors (Lipinski definition) is 24. The Hall–Kier alpha value is -2.55. The average molecular weight is 1080 g/mol. The van der Waals surface area contributed by atoms with Gasteiger partial charge in [-0.1, -0.05) is 6.42 Å². The zero-order valence-electron chi connectivity index (χ0n) is 38.0. The first-order valence-electron chi connectivity index (χ1n) is 22.2. The summed E-state index contributed by atoms with van der Waals surface area (Å²) < 4.78 is 98.7. The van der Waals surface area contributed by atoms with Gasteiger partial charge in [0.1, 0.15) is 30.2 Å². The van der Waals surface area contributed by atoms with E-state index in [0.717, 1.165) is 31.3 Å². The molecule has 0 radical (unpaired) electrons. The number of anilines is 1. The van der Waals surface area contributed by atoms with Crippen LogP contribution in [-0.4, -0.2) is 210 Å². The molecular weight excluding hydrogens is 1020 g/mol. The molecule has 34 heteroatoms. The molecule has 0 aromatic carbocycles. The van der Waals surface area contributed by atoms with Crippen LogP contribution in [0.5, 0.6) is 0 Å². The second-order valence-electron chi connectivity index (χ2n) is 15.3. The van der Waals surface area contributed by atoms with Crippen LogP contribution < -0.4 is 21.7 Å². The van der Waals surface area contributed by atoms with E-state index in [4.69, 9.17) is 43.6 Å². The number of nitrogens with zero attached hydrogens (tertiary/aromatic N) is 4. The second-order valence-corrected chi connectivity index (χ2v) is 21.2. The smallest absolute Gasteiger partial charge is 0.387 e. The van der Waals surface area contributed by atoms with Gasteiger partial charge in [-0.15, -0.1) is 0 Å². The van der Waals surface area contributed by atoms with Gasteiger partial charge < -0.3 is 84.5 Å². The SMILES string of the molecule is Nc1ncnc2c1ncn2[C@@H]1O[C@H](COP(=O)(O)OP(=O)(O)OP(=O)(O)OCCOCCOCCOCCOCCOCCOCCOCCNC(=O)CCCC[C@@H]2SCC3NC(=O)NC32)[C@@H](O)[C@H]1O. The number of fused-ring (bicyclic) bond motifs is 2. The third kappa shape index (κ3) is 20.4. The van der Waals surface area contributed by atoms with E-state index in [-0.39, 0.29) is 74.0 Å². The molecule has 3 aliphatic heterocycles. The lowest BCUT2D eigenvalue weighted by atomic mass is 10.0. The number of thioether (sulfide) groups is 1. The minimum Gasteiger partial charge on any atom is -0.387 e. The van der Waals surface area contributed by atoms with Gasteiger partial charge in [0.2, 0.25) is 5.91 Å². The molecular formula is C36H63N8O22P3S. The molecule has 0 spiro atoms. The summed E-state index contributed by atoms with van der Waals surface area (Å²) in [6.45, 7) is 2.67. The summed E-state index contributed by atoms with van der Waals surface area (Å²) in [4.78, 5) is 65.0. The summed E-state index contributed by atoms with van der Waals surface area (Å²) in [5, 5.41) is 30.1. The van der Waals surface area contributed by atoms with Gasteiger partial charge in [-0.25, -0.2) is 33.4 Å². The molecule has 3 amide bonds. The molecule has 5 heterocycles. The van der Waals surface area contributed by atoms with Crippen LogP contribution in [0.2, 0.25) is 0 Å². The zero-order valence-corrected chi connectivity index (χ0v) is 41.5. The first kappa shape index (κ1) is 58.3. The number of rotatable bonds is 38. The van der Waals surface area contributed by atoms with Crippen LogP contribution in [0.1, 0.15) is 31.9 Å². The molecule has 2 aromatic rings. The average Bonchev–Trinajstić information content (AvgIpc) is 4.07. The Balaban J connectivity index is 0.745. The molecule has 0 bridgehead atoms. The van der Waals surface area contributed by atoms with Crippen LogP contribution in [0.3, 0.4) is 0 Å². The number of nitrogen functional groups attached to an aromatic ring is 1. The lowest BCUT2D eigenvalue weighted by Gasteiger charge is -2.20. The minimum atomic E-state index is -5.79. The maximum Gasteiger partial charge on any atom is 0.490 e. The minimum absolute atomic E-state index is 0.00202. The topological polar surface area (TPSA) is 403 Å². The Morgan fingerprint density at radius 2 is 1.31 bits per heavy atom. The van der Waals surface area contributed by atoms with Gasteiger partial charge in [0.15, 0.2) is 17.7 Å². The molecule has 3 saturated heterocycles. The van der Waals surface area contributed by atoms with Crippen molar-refractivity contribution in [3.05, 3.63) is 12.7 Å². The fourth-order valence-electron chi connectivity index (χ4n) is 6.90. The number of urea groups is 1. The van der Waals surface area contributed by atoms with Crippen molar-refractivity contribution in [3.8, 4) is 0 Å². The number of carbonyl (C=O) groups excluding carboxylic acids is 2. The van der Waals surface area contributed by atoms with Crippen molar-refractivity contribution in [2.24, 2.45) is 0 Å². The lowest BCUT2D eigenvalue weighted by Crippen LogP contribution is -2.36. The van der Waals surface area contributed by atoms with E-state index in [1.165, 1.54) is 10.9 Å². The molecule has 400 valence electrons. The van der Waals surface area contributed by atoms with Crippen molar-refractivity contribution in [1.82, 2.24) is 35.5 Å². The number of nitrogens with one attached hydrogen (secondary N) is 3. The van der Waals surface area contributed by atoms with E-state index in [2.05, 4.69) is 48.6 Å². The number of aliphatic hydroxyl groups excluding tert-OH is 2. The van der Waals surface area contributed by atoms with Crippen molar-refractivity contribution in [2.45, 2.75) is 67.6 Å². The number of aromatic nitrogens is 4. The lowest BCUT2D eigenvalue weighted by molar-refractivity contribution is -0.121. The Bertz CT molecular complexity index is 2050. The molecule has 0 saturated carbocycles. The van der Waals surface area contributed by atoms with Gasteiger partial charge in [-0.2, -0.15) is 20.4 Å². The summed E-state index contributed by atoms with van der Waals surface area (Å²) in [6, 6.07) is 0.318. The molecule has 70 heavy (non-hydrogen) atoms. The first-order valence-corrected chi connectivity index (χ1v) is 27.7. The third-order valence-corrected chi connectivity index (χ3v) is 16.0. The summed E-state index contributed by atoms with van der Waals surface area (Å²) in [7, 11) is -16.7. The van der Waals surface area contributed by atoms with Gasteiger partial charge in [0, 0.05) is 24.0 Å². The largest absolute Gasteiger partial charge is 0.490 e. The molecule has 30 nitrogen and oxygen atoms in total. The summed E-state index contributed by atoms with van der Waals surface area (Å²) >= 11 is 1.87. The number of carbonyl (C=O) groups is 2. The number of unbranched alkanes of at least 4 members (excludes halogenated alkanes) is 1. The number of hydrogen-bond donors (Lipinski definition) is 9. The maximum absolute atomic E-state index is 12.4. The van der Waals surface area contributed by atoms with E-state index in [1.807, 2.05) is 11.8 Å². The highest BCUT2D eigenvalue weighted by Gasteiger charge is 2.47. The van der Waals surface area contributed by atoms with Crippen LogP contribution in [0.15, 0.2) is 12.7 Å². The molecule has 0 aliphatic carbocycles. The van der Waals surface area contributed by atoms with E-state index >= 15 is 0 Å². The molecule has 10 N–H and O–H groups in total. The highest BCUT2D eigenvalue weighted by molar-refractivity contribution is 8.00. The summed E-state index contributed by atoms with van der Waals surface area (Å²) in [6.07, 6.45) is -0.626. The number of nitrogens with two attached hydrogens (primary N) is 1. The Kier molecular flexibility index (Phi) is 25.0. The standard InChI is InChI=1S/C36H63N8O22P3S/c37-33-30-34(40-23-39-33)44(24-41-30)35-32(47)31(46)26(64-35)21-63-68(51,52)66-69(53,54)65-67(49,50)62-20-19-61-18-17-60-16-15-59-14-13-58-12-11-57-10-9-56-8-7-55-6-5-38-28(45)4-2-1-3-27-29-25(22-70-27)42-36(48)43-29/h23-27,29,31-32,35,46-47H,1-22H2,(H,38,45)(H,49,50)(H,51,52)(H,53,54)(H2,37,39,40)(H2,42,43,48)/t25?,26-,27+,29?,31-,32-,35-/m1/s1. The highest BCUT2D eigenvalue weighted by atomic mass is 32.2. The van der Waals surface area contributed by atoms with Crippen LogP contribution in [0.4, 0.5) is 10.6 Å². The first-order chi connectivity index (χ1) is 33.5. The zero-order chi connectivity index (χ0) is 50.4. The van der Waals surface area contributed by atoms with Gasteiger partial charge in [0.05, 0.1) is 124 Å². The summed E-state index contributed by atoms with van der Waals surface area (Å²) in [5.41, 5.74) is 6.07. The molecule has 10 atom stereocenters. The van der Waals surface area contributed by atoms with Gasteiger partial charge in [-0.3, -0.25) is 18.4 Å². The van der Waals surface area contributed by atoms with Crippen molar-refractivity contribution < 1.29 is 104 Å².